The van der Waals surface area contributed by atoms with Gasteiger partial charge in [0.1, 0.15) is 0 Å². The summed E-state index contributed by atoms with van der Waals surface area (Å²) in [5.41, 5.74) is 6.39. The van der Waals surface area contributed by atoms with Crippen LogP contribution < -0.4 is 5.73 Å². The highest BCUT2D eigenvalue weighted by atomic mass is 32.1. The molecule has 0 radical (unpaired) electrons. The van der Waals surface area contributed by atoms with Crippen LogP contribution in [0.15, 0.2) is 35.2 Å². The minimum atomic E-state index is -4.36. The summed E-state index contributed by atoms with van der Waals surface area (Å²) in [4.78, 5) is 3.76. The van der Waals surface area contributed by atoms with E-state index in [4.69, 9.17) is 5.73 Å². The molecule has 0 saturated carbocycles. The van der Waals surface area contributed by atoms with Crippen LogP contribution in [-0.4, -0.2) is 4.98 Å². The highest BCUT2D eigenvalue weighted by molar-refractivity contribution is 7.07. The number of rotatable bonds is 2. The largest absolute Gasteiger partial charge is 0.417 e. The van der Waals surface area contributed by atoms with E-state index in [1.165, 1.54) is 17.4 Å². The Hall–Kier alpha value is -1.40. The van der Waals surface area contributed by atoms with Crippen molar-refractivity contribution in [3.05, 3.63) is 52.0 Å². The van der Waals surface area contributed by atoms with Crippen molar-refractivity contribution in [2.45, 2.75) is 12.2 Å². The minimum absolute atomic E-state index is 0.427. The zero-order chi connectivity index (χ0) is 12.5. The van der Waals surface area contributed by atoms with Crippen molar-refractivity contribution in [3.63, 3.8) is 0 Å². The molecule has 17 heavy (non-hydrogen) atoms. The number of alkyl halides is 3. The van der Waals surface area contributed by atoms with Crippen LogP contribution in [0.5, 0.6) is 0 Å². The molecule has 2 rings (SSSR count). The lowest BCUT2D eigenvalue weighted by Crippen LogP contribution is -2.14. The van der Waals surface area contributed by atoms with Crippen LogP contribution in [0.4, 0.5) is 13.2 Å². The van der Waals surface area contributed by atoms with Crippen molar-refractivity contribution in [1.29, 1.82) is 0 Å². The van der Waals surface area contributed by atoms with Gasteiger partial charge in [-0.15, -0.1) is 0 Å². The van der Waals surface area contributed by atoms with Crippen molar-refractivity contribution in [3.8, 4) is 0 Å². The second-order valence-electron chi connectivity index (χ2n) is 3.50. The van der Waals surface area contributed by atoms with Gasteiger partial charge in [0, 0.05) is 6.20 Å². The van der Waals surface area contributed by atoms with E-state index in [1.807, 2.05) is 16.8 Å². The summed E-state index contributed by atoms with van der Waals surface area (Å²) in [5, 5.41) is 3.71. The fourth-order valence-electron chi connectivity index (χ4n) is 1.38. The number of nitrogens with zero attached hydrogens (tertiary/aromatic N) is 1. The van der Waals surface area contributed by atoms with Crippen LogP contribution in [0.25, 0.3) is 0 Å². The van der Waals surface area contributed by atoms with Crippen LogP contribution in [0.2, 0.25) is 0 Å². The molecule has 2 heterocycles. The summed E-state index contributed by atoms with van der Waals surface area (Å²) in [6, 6.07) is 3.65. The Kier molecular flexibility index (Phi) is 3.17. The molecule has 0 bridgehead atoms. The maximum Gasteiger partial charge on any atom is 0.417 e. The second-order valence-corrected chi connectivity index (χ2v) is 4.28. The van der Waals surface area contributed by atoms with E-state index in [0.29, 0.717) is 5.69 Å². The average molecular weight is 258 g/mol. The zero-order valence-electron chi connectivity index (χ0n) is 8.61. The fourth-order valence-corrected chi connectivity index (χ4v) is 2.08. The van der Waals surface area contributed by atoms with E-state index in [0.717, 1.165) is 17.8 Å². The van der Waals surface area contributed by atoms with E-state index in [1.54, 1.807) is 0 Å². The van der Waals surface area contributed by atoms with E-state index < -0.39 is 17.8 Å². The number of pyridine rings is 1. The summed E-state index contributed by atoms with van der Waals surface area (Å²) >= 11 is 1.48. The third-order valence-electron chi connectivity index (χ3n) is 2.33. The summed E-state index contributed by atoms with van der Waals surface area (Å²) in [7, 11) is 0. The molecule has 2 N–H and O–H groups in total. The first-order valence-corrected chi connectivity index (χ1v) is 5.73. The van der Waals surface area contributed by atoms with Gasteiger partial charge in [0.25, 0.3) is 0 Å². The van der Waals surface area contributed by atoms with Crippen LogP contribution in [-0.2, 0) is 6.18 Å². The lowest BCUT2D eigenvalue weighted by atomic mass is 10.1. The highest BCUT2D eigenvalue weighted by Gasteiger charge is 2.30. The van der Waals surface area contributed by atoms with Gasteiger partial charge in [0.05, 0.1) is 17.3 Å². The Labute approximate surface area is 99.9 Å². The second kappa shape index (κ2) is 4.46. The highest BCUT2D eigenvalue weighted by Crippen LogP contribution is 2.29. The maximum absolute atomic E-state index is 12.3. The molecular formula is C11H9F3N2S. The first kappa shape index (κ1) is 12.1. The number of aromatic nitrogens is 1. The molecule has 2 nitrogen and oxygen atoms in total. The van der Waals surface area contributed by atoms with Gasteiger partial charge in [-0.05, 0) is 34.5 Å². The van der Waals surface area contributed by atoms with E-state index in [-0.39, 0.29) is 0 Å². The first-order valence-electron chi connectivity index (χ1n) is 4.79. The van der Waals surface area contributed by atoms with Gasteiger partial charge in [-0.25, -0.2) is 0 Å². The van der Waals surface area contributed by atoms with Gasteiger partial charge >= 0.3 is 6.18 Å². The molecule has 6 heteroatoms. The first-order chi connectivity index (χ1) is 7.98. The van der Waals surface area contributed by atoms with E-state index >= 15 is 0 Å². The molecule has 0 aromatic carbocycles. The fraction of sp³-hybridized carbons (Fsp3) is 0.182. The van der Waals surface area contributed by atoms with Crippen LogP contribution in [0.1, 0.15) is 22.9 Å². The van der Waals surface area contributed by atoms with Crippen LogP contribution >= 0.6 is 11.3 Å². The van der Waals surface area contributed by atoms with Gasteiger partial charge in [-0.3, -0.25) is 4.98 Å². The summed E-state index contributed by atoms with van der Waals surface area (Å²) in [6.45, 7) is 0. The standard InChI is InChI=1S/C11H9F3N2S/c12-11(13,14)8-1-2-9(16-5-8)10(15)7-3-4-17-6-7/h1-6,10H,15H2. The molecule has 90 valence electrons. The van der Waals surface area contributed by atoms with Crippen LogP contribution in [0, 0.1) is 0 Å². The van der Waals surface area contributed by atoms with Gasteiger partial charge in [-0.1, -0.05) is 0 Å². The van der Waals surface area contributed by atoms with E-state index in [9.17, 15) is 13.2 Å². The van der Waals surface area contributed by atoms with Crippen molar-refractivity contribution in [2.75, 3.05) is 0 Å². The summed E-state index contributed by atoms with van der Waals surface area (Å²) in [5.74, 6) is 0. The van der Waals surface area contributed by atoms with Gasteiger partial charge in [0.15, 0.2) is 0 Å². The predicted octanol–water partition coefficient (Wildman–Crippen LogP) is 3.21. The number of hydrogen-bond acceptors (Lipinski definition) is 3. The number of hydrogen-bond donors (Lipinski definition) is 1. The molecule has 1 atom stereocenters. The molecule has 0 spiro atoms. The van der Waals surface area contributed by atoms with E-state index in [2.05, 4.69) is 4.98 Å². The Bertz CT molecular complexity index is 476. The Morgan fingerprint density at radius 2 is 2.00 bits per heavy atom. The average Bonchev–Trinajstić information content (AvgIpc) is 2.80. The smallest absolute Gasteiger partial charge is 0.319 e. The van der Waals surface area contributed by atoms with Crippen LogP contribution in [0.3, 0.4) is 0 Å². The molecular weight excluding hydrogens is 249 g/mol. The molecule has 1 unspecified atom stereocenters. The third-order valence-corrected chi connectivity index (χ3v) is 3.04. The lowest BCUT2D eigenvalue weighted by Gasteiger charge is -2.11. The number of halogens is 3. The molecule has 0 aliphatic rings. The summed E-state index contributed by atoms with van der Waals surface area (Å²) in [6.07, 6.45) is -3.56. The molecule has 2 aromatic heterocycles. The molecule has 0 amide bonds. The van der Waals surface area contributed by atoms with Gasteiger partial charge in [-0.2, -0.15) is 24.5 Å². The summed E-state index contributed by atoms with van der Waals surface area (Å²) < 4.78 is 37.0. The van der Waals surface area contributed by atoms with Gasteiger partial charge in [0.2, 0.25) is 0 Å². The number of thiophene rings is 1. The quantitative estimate of drug-likeness (QED) is 0.898. The number of nitrogens with two attached hydrogens (primary N) is 1. The molecule has 2 aromatic rings. The van der Waals surface area contributed by atoms with Gasteiger partial charge < -0.3 is 5.73 Å². The Balaban J connectivity index is 2.24. The normalized spacial score (nSPS) is 13.6. The lowest BCUT2D eigenvalue weighted by molar-refractivity contribution is -0.137. The topological polar surface area (TPSA) is 38.9 Å². The molecule has 0 fully saturated rings. The van der Waals surface area contributed by atoms with Crippen molar-refractivity contribution < 1.29 is 13.2 Å². The zero-order valence-corrected chi connectivity index (χ0v) is 9.42. The minimum Gasteiger partial charge on any atom is -0.319 e. The monoisotopic (exact) mass is 258 g/mol. The Morgan fingerprint density at radius 3 is 2.47 bits per heavy atom. The third kappa shape index (κ3) is 2.65. The van der Waals surface area contributed by atoms with Crippen molar-refractivity contribution in [1.82, 2.24) is 4.98 Å². The SMILES string of the molecule is NC(c1ccsc1)c1ccc(C(F)(F)F)cn1. The van der Waals surface area contributed by atoms with Crippen molar-refractivity contribution >= 4 is 11.3 Å². The molecule has 0 saturated heterocycles. The Morgan fingerprint density at radius 1 is 1.24 bits per heavy atom. The maximum atomic E-state index is 12.3. The van der Waals surface area contributed by atoms with Crippen molar-refractivity contribution in [2.24, 2.45) is 5.73 Å². The predicted molar refractivity (Wildman–Crippen MR) is 59.6 cm³/mol. The molecule has 0 aliphatic carbocycles. The molecule has 0 aliphatic heterocycles.